The average Bonchev–Trinajstić information content (AvgIpc) is 3.78. The van der Waals surface area contributed by atoms with Gasteiger partial charge in [0.1, 0.15) is 34.3 Å². The van der Waals surface area contributed by atoms with Crippen molar-refractivity contribution in [1.29, 1.82) is 21.0 Å². The molecule has 7 heterocycles. The molecule has 0 bridgehead atoms. The summed E-state index contributed by atoms with van der Waals surface area (Å²) in [4.78, 5) is 12.7. The molecule has 0 fully saturated rings. The zero-order chi connectivity index (χ0) is 27.5. The molecule has 13 heteroatoms. The average molecular weight is 624 g/mol. The summed E-state index contributed by atoms with van der Waals surface area (Å²) in [5.74, 6) is 0. The van der Waals surface area contributed by atoms with Crippen molar-refractivity contribution in [3.8, 4) is 43.8 Å². The Bertz CT molecular complexity index is 2200. The first-order valence-electron chi connectivity index (χ1n) is 11.4. The molecule has 0 aliphatic carbocycles. The van der Waals surface area contributed by atoms with E-state index in [1.54, 1.807) is 22.7 Å². The summed E-state index contributed by atoms with van der Waals surface area (Å²) in [5.41, 5.74) is 2.20. The fourth-order valence-corrected chi connectivity index (χ4v) is 11.9. The molecule has 0 atom stereocenters. The Kier molecular flexibility index (Phi) is 5.88. The van der Waals surface area contributed by atoms with Crippen LogP contribution < -0.4 is 0 Å². The van der Waals surface area contributed by atoms with Crippen molar-refractivity contribution >= 4 is 129 Å². The van der Waals surface area contributed by atoms with Crippen molar-refractivity contribution in [3.05, 3.63) is 36.4 Å². The van der Waals surface area contributed by atoms with Gasteiger partial charge >= 0.3 is 0 Å². The number of aliphatic imine (C=N–C) groups is 2. The quantitative estimate of drug-likeness (QED) is 0.181. The molecule has 188 valence electrons. The fourth-order valence-electron chi connectivity index (χ4n) is 4.44. The molecule has 0 spiro atoms. The highest BCUT2D eigenvalue weighted by Gasteiger charge is 2.23. The minimum atomic E-state index is -0.144. The number of nitrogens with zero attached hydrogens (tertiary/aromatic N) is 7. The van der Waals surface area contributed by atoms with Gasteiger partial charge < -0.3 is 4.57 Å². The summed E-state index contributed by atoms with van der Waals surface area (Å²) in [6, 6.07) is 19.4. The number of aromatic nitrogens is 1. The highest BCUT2D eigenvalue weighted by Crippen LogP contribution is 2.53. The van der Waals surface area contributed by atoms with E-state index in [1.165, 1.54) is 61.9 Å². The van der Waals surface area contributed by atoms with Gasteiger partial charge in [-0.15, -0.1) is 68.0 Å². The van der Waals surface area contributed by atoms with Crippen LogP contribution in [0.25, 0.3) is 58.7 Å². The van der Waals surface area contributed by atoms with E-state index in [9.17, 15) is 0 Å². The van der Waals surface area contributed by atoms with Crippen LogP contribution in [0.15, 0.2) is 46.4 Å². The van der Waals surface area contributed by atoms with Crippen LogP contribution in [-0.2, 0) is 7.05 Å². The van der Waals surface area contributed by atoms with Gasteiger partial charge in [-0.05, 0) is 36.4 Å². The molecule has 40 heavy (non-hydrogen) atoms. The highest BCUT2D eigenvalue weighted by molar-refractivity contribution is 7.40. The molecule has 0 aromatic carbocycles. The van der Waals surface area contributed by atoms with Crippen molar-refractivity contribution in [1.82, 2.24) is 4.57 Å². The molecule has 0 aliphatic heterocycles. The van der Waals surface area contributed by atoms with Crippen LogP contribution in [0.2, 0.25) is 0 Å². The SMILES string of the molecule is Cn1c2c3sc(-c4ccc(N=C(C#N)C#N)s4)cc3sc2c2sc3cc(-c4ccc(N=C(C#N)C#N)s4)sc3c21. The van der Waals surface area contributed by atoms with E-state index in [0.717, 1.165) is 19.5 Å². The zero-order valence-electron chi connectivity index (χ0n) is 20.0. The number of rotatable bonds is 4. The van der Waals surface area contributed by atoms with Gasteiger partial charge in [-0.1, -0.05) is 0 Å². The third-order valence-corrected chi connectivity index (χ3v) is 13.4. The molecule has 0 radical (unpaired) electrons. The van der Waals surface area contributed by atoms with Gasteiger partial charge in [0.05, 0.1) is 29.8 Å². The van der Waals surface area contributed by atoms with Crippen LogP contribution in [0.4, 0.5) is 10.0 Å². The van der Waals surface area contributed by atoms with Gasteiger partial charge in [-0.3, -0.25) is 0 Å². The third kappa shape index (κ3) is 3.81. The molecule has 0 saturated heterocycles. The second kappa shape index (κ2) is 9.48. The molecule has 7 aromatic heterocycles. The van der Waals surface area contributed by atoms with E-state index >= 15 is 0 Å². The van der Waals surface area contributed by atoms with E-state index in [2.05, 4.69) is 33.7 Å². The normalized spacial score (nSPS) is 11.0. The van der Waals surface area contributed by atoms with Gasteiger partial charge in [0.25, 0.3) is 0 Å². The van der Waals surface area contributed by atoms with Crippen molar-refractivity contribution in [2.45, 2.75) is 0 Å². The summed E-state index contributed by atoms with van der Waals surface area (Å²) >= 11 is 10.1. The number of hydrogen-bond donors (Lipinski definition) is 0. The van der Waals surface area contributed by atoms with Crippen LogP contribution in [0.3, 0.4) is 0 Å². The second-order valence-corrected chi connectivity index (χ2v) is 14.7. The first-order chi connectivity index (χ1) is 19.5. The molecule has 7 aromatic rings. The summed E-state index contributed by atoms with van der Waals surface area (Å²) in [6.45, 7) is 0. The van der Waals surface area contributed by atoms with Gasteiger partial charge in [0.2, 0.25) is 11.4 Å². The Balaban J connectivity index is 1.30. The molecule has 7 nitrogen and oxygen atoms in total. The summed E-state index contributed by atoms with van der Waals surface area (Å²) < 4.78 is 9.92. The van der Waals surface area contributed by atoms with E-state index < -0.39 is 0 Å². The monoisotopic (exact) mass is 623 g/mol. The topological polar surface area (TPSA) is 125 Å². The molecule has 0 N–H and O–H groups in total. The number of aryl methyl sites for hydroxylation is 1. The smallest absolute Gasteiger partial charge is 0.219 e. The third-order valence-electron chi connectivity index (χ3n) is 6.09. The zero-order valence-corrected chi connectivity index (χ0v) is 24.9. The van der Waals surface area contributed by atoms with Crippen molar-refractivity contribution in [3.63, 3.8) is 0 Å². The second-order valence-electron chi connectivity index (χ2n) is 8.37. The minimum Gasteiger partial charge on any atom is -0.340 e. The maximum Gasteiger partial charge on any atom is 0.219 e. The first-order valence-corrected chi connectivity index (χ1v) is 16.3. The maximum absolute atomic E-state index is 9.00. The predicted octanol–water partition coefficient (Wildman–Crippen LogP) is 9.58. The van der Waals surface area contributed by atoms with E-state index in [1.807, 2.05) is 71.2 Å². The number of fused-ring (bicyclic) bond motifs is 7. The molecular weight excluding hydrogens is 615 g/mol. The van der Waals surface area contributed by atoms with E-state index in [0.29, 0.717) is 10.0 Å². The van der Waals surface area contributed by atoms with E-state index in [4.69, 9.17) is 21.0 Å². The molecule has 0 amide bonds. The summed E-state index contributed by atoms with van der Waals surface area (Å²) in [6.07, 6.45) is 0. The largest absolute Gasteiger partial charge is 0.340 e. The fraction of sp³-hybridized carbons (Fsp3) is 0.0370. The molecule has 0 unspecified atom stereocenters. The lowest BCUT2D eigenvalue weighted by molar-refractivity contribution is 1.03. The van der Waals surface area contributed by atoms with Crippen LogP contribution in [-0.4, -0.2) is 16.0 Å². The van der Waals surface area contributed by atoms with Crippen molar-refractivity contribution < 1.29 is 0 Å². The van der Waals surface area contributed by atoms with Gasteiger partial charge in [0.15, 0.2) is 0 Å². The Hall–Kier alpha value is -4.18. The van der Waals surface area contributed by atoms with Crippen LogP contribution >= 0.6 is 68.0 Å². The molecular formula is C27H9N7S6. The number of hydrogen-bond acceptors (Lipinski definition) is 12. The van der Waals surface area contributed by atoms with Crippen molar-refractivity contribution in [2.75, 3.05) is 0 Å². The molecule has 0 aliphatic rings. The number of thiophene rings is 6. The van der Waals surface area contributed by atoms with Crippen molar-refractivity contribution in [2.24, 2.45) is 17.0 Å². The van der Waals surface area contributed by atoms with Gasteiger partial charge in [-0.25, -0.2) is 9.98 Å². The Labute approximate surface area is 249 Å². The summed E-state index contributed by atoms with van der Waals surface area (Å²) in [7, 11) is 2.13. The lowest BCUT2D eigenvalue weighted by Gasteiger charge is -1.95. The van der Waals surface area contributed by atoms with Crippen LogP contribution in [0, 0.1) is 45.3 Å². The maximum atomic E-state index is 9.00. The molecule has 0 saturated carbocycles. The molecule has 7 rings (SSSR count). The standard InChI is InChI=1S/C27H9N7S6/c1-34-22-24-18(6-16(37-24)14-2-4-20(35-14)32-12(8-28)9-29)39-26(22)27-23(34)25-19(40-27)7-17(38-25)15-3-5-21(36-15)33-13(10-30)11-31/h2-7H,1H3. The first kappa shape index (κ1) is 24.8. The Morgan fingerprint density at radius 3 is 1.40 bits per heavy atom. The van der Waals surface area contributed by atoms with Gasteiger partial charge in [0, 0.05) is 36.0 Å². The number of nitriles is 4. The Morgan fingerprint density at radius 1 is 0.575 bits per heavy atom. The summed E-state index contributed by atoms with van der Waals surface area (Å²) in [5, 5.41) is 37.3. The lowest BCUT2D eigenvalue weighted by atomic mass is 10.3. The minimum absolute atomic E-state index is 0.144. The lowest BCUT2D eigenvalue weighted by Crippen LogP contribution is -1.84. The predicted molar refractivity (Wildman–Crippen MR) is 170 cm³/mol. The van der Waals surface area contributed by atoms with Gasteiger partial charge in [-0.2, -0.15) is 21.0 Å². The highest BCUT2D eigenvalue weighted by atomic mass is 32.1. The van der Waals surface area contributed by atoms with Crippen LogP contribution in [0.5, 0.6) is 0 Å². The van der Waals surface area contributed by atoms with E-state index in [-0.39, 0.29) is 11.4 Å². The van der Waals surface area contributed by atoms with Crippen LogP contribution in [0.1, 0.15) is 0 Å². The Morgan fingerprint density at radius 2 is 1.00 bits per heavy atom.